The van der Waals surface area contributed by atoms with Crippen LogP contribution in [0.5, 0.6) is 11.5 Å². The van der Waals surface area contributed by atoms with Crippen molar-refractivity contribution in [1.82, 2.24) is 15.2 Å². The van der Waals surface area contributed by atoms with Crippen LogP contribution in [-0.4, -0.2) is 33.9 Å². The summed E-state index contributed by atoms with van der Waals surface area (Å²) in [5, 5.41) is 5.40. The highest BCUT2D eigenvalue weighted by Crippen LogP contribution is 2.35. The van der Waals surface area contributed by atoms with Crippen LogP contribution >= 0.6 is 12.2 Å². The van der Waals surface area contributed by atoms with Crippen molar-refractivity contribution in [3.8, 4) is 11.5 Å². The molecule has 2 aliphatic carbocycles. The summed E-state index contributed by atoms with van der Waals surface area (Å²) in [5.41, 5.74) is 1.45. The molecule has 2 N–H and O–H groups in total. The largest absolute Gasteiger partial charge is 0.454 e. The molecule has 7 heteroatoms. The molecule has 0 unspecified atom stereocenters. The monoisotopic (exact) mass is 441 g/mol. The molecule has 2 heterocycles. The summed E-state index contributed by atoms with van der Waals surface area (Å²) in [4.78, 5) is 18.3. The quantitative estimate of drug-likeness (QED) is 0.676. The number of rotatable bonds is 4. The lowest BCUT2D eigenvalue weighted by Crippen LogP contribution is -2.50. The third kappa shape index (κ3) is 4.52. The second-order valence-electron chi connectivity index (χ2n) is 9.12. The van der Waals surface area contributed by atoms with Gasteiger partial charge in [-0.3, -0.25) is 4.79 Å². The Labute approximate surface area is 188 Å². The maximum Gasteiger partial charge on any atom is 0.253 e. The molecule has 0 spiro atoms. The third-order valence-corrected chi connectivity index (χ3v) is 7.32. The van der Waals surface area contributed by atoms with Crippen molar-refractivity contribution < 1.29 is 9.47 Å². The van der Waals surface area contributed by atoms with E-state index in [0.717, 1.165) is 40.2 Å². The first-order valence-electron chi connectivity index (χ1n) is 11.7. The molecule has 0 bridgehead atoms. The molecular weight excluding hydrogens is 410 g/mol. The summed E-state index contributed by atoms with van der Waals surface area (Å²) in [5.74, 6) is 1.40. The number of ether oxygens (including phenoxy) is 2. The van der Waals surface area contributed by atoms with Gasteiger partial charge in [-0.05, 0) is 50.0 Å². The lowest BCUT2D eigenvalue weighted by Gasteiger charge is -2.38. The van der Waals surface area contributed by atoms with Gasteiger partial charge in [0.25, 0.3) is 5.56 Å². The van der Waals surface area contributed by atoms with Gasteiger partial charge in [0, 0.05) is 29.1 Å². The summed E-state index contributed by atoms with van der Waals surface area (Å²) in [7, 11) is 0. The summed E-state index contributed by atoms with van der Waals surface area (Å²) < 4.78 is 11.0. The maximum absolute atomic E-state index is 12.9. The zero-order valence-corrected chi connectivity index (χ0v) is 18.8. The van der Waals surface area contributed by atoms with Gasteiger partial charge in [-0.2, -0.15) is 0 Å². The van der Waals surface area contributed by atoms with Crippen LogP contribution in [0.2, 0.25) is 0 Å². The smallest absolute Gasteiger partial charge is 0.253 e. The van der Waals surface area contributed by atoms with Crippen molar-refractivity contribution in [3.05, 3.63) is 34.1 Å². The number of aromatic amines is 1. The van der Waals surface area contributed by atoms with E-state index in [1.54, 1.807) is 0 Å². The summed E-state index contributed by atoms with van der Waals surface area (Å²) >= 11 is 5.91. The Balaban J connectivity index is 1.41. The number of aromatic nitrogens is 1. The van der Waals surface area contributed by atoms with Crippen molar-refractivity contribution >= 4 is 28.2 Å². The summed E-state index contributed by atoms with van der Waals surface area (Å²) in [6.45, 7) is 0.752. The number of H-pyrrole nitrogens is 1. The Hall–Kier alpha value is -2.28. The van der Waals surface area contributed by atoms with Crippen molar-refractivity contribution in [3.63, 3.8) is 0 Å². The van der Waals surface area contributed by atoms with E-state index >= 15 is 0 Å². The molecule has 1 aromatic carbocycles. The van der Waals surface area contributed by atoms with Crippen LogP contribution in [0.4, 0.5) is 0 Å². The van der Waals surface area contributed by atoms with E-state index in [1.165, 1.54) is 51.4 Å². The predicted molar refractivity (Wildman–Crippen MR) is 126 cm³/mol. The number of benzene rings is 1. The van der Waals surface area contributed by atoms with Crippen molar-refractivity contribution in [2.45, 2.75) is 82.8 Å². The van der Waals surface area contributed by atoms with Crippen LogP contribution < -0.4 is 20.3 Å². The lowest BCUT2D eigenvalue weighted by atomic mass is 9.93. The molecular formula is C24H31N3O3S. The minimum atomic E-state index is -0.0624. The molecule has 2 fully saturated rings. The first-order chi connectivity index (χ1) is 15.2. The maximum atomic E-state index is 12.9. The Kier molecular flexibility index (Phi) is 6.03. The molecule has 0 radical (unpaired) electrons. The molecule has 0 amide bonds. The van der Waals surface area contributed by atoms with Gasteiger partial charge in [0.1, 0.15) is 0 Å². The topological polar surface area (TPSA) is 66.6 Å². The van der Waals surface area contributed by atoms with Crippen molar-refractivity contribution in [2.75, 3.05) is 6.79 Å². The molecule has 1 aromatic heterocycles. The predicted octanol–water partition coefficient (Wildman–Crippen LogP) is 4.60. The summed E-state index contributed by atoms with van der Waals surface area (Å²) in [6.07, 6.45) is 12.2. The second-order valence-corrected chi connectivity index (χ2v) is 9.51. The van der Waals surface area contributed by atoms with Crippen LogP contribution in [0.1, 0.15) is 69.8 Å². The molecule has 0 atom stereocenters. The number of nitrogens with one attached hydrogen (secondary N) is 2. The first-order valence-corrected chi connectivity index (χ1v) is 12.1. The number of nitrogens with zero attached hydrogens (tertiary/aromatic N) is 1. The van der Waals surface area contributed by atoms with Crippen molar-refractivity contribution in [2.24, 2.45) is 0 Å². The van der Waals surface area contributed by atoms with Gasteiger partial charge in [0.2, 0.25) is 6.79 Å². The minimum absolute atomic E-state index is 0.0624. The van der Waals surface area contributed by atoms with Crippen LogP contribution in [0.3, 0.4) is 0 Å². The normalized spacial score (nSPS) is 19.5. The van der Waals surface area contributed by atoms with Gasteiger partial charge < -0.3 is 24.7 Å². The molecule has 1 aliphatic heterocycles. The Bertz CT molecular complexity index is 1010. The van der Waals surface area contributed by atoms with Gasteiger partial charge in [-0.1, -0.05) is 38.5 Å². The average molecular weight is 442 g/mol. The van der Waals surface area contributed by atoms with Gasteiger partial charge in [0.15, 0.2) is 16.6 Å². The molecule has 6 nitrogen and oxygen atoms in total. The fraction of sp³-hybridized carbons (Fsp3) is 0.583. The lowest BCUT2D eigenvalue weighted by molar-refractivity contribution is 0.174. The van der Waals surface area contributed by atoms with Crippen LogP contribution in [0.15, 0.2) is 23.0 Å². The molecule has 2 saturated carbocycles. The third-order valence-electron chi connectivity index (χ3n) is 6.96. The standard InChI is InChI=1S/C24H31N3O3S/c28-23-17(11-16-12-21-22(30-15-29-21)13-20(16)26-23)14-27(19-9-5-2-6-10-19)24(31)25-18-7-3-1-4-8-18/h11-13,18-19H,1-10,14-15H2,(H,25,31)(H,26,28). The highest BCUT2D eigenvalue weighted by molar-refractivity contribution is 7.80. The van der Waals surface area contributed by atoms with Crippen LogP contribution in [0, 0.1) is 0 Å². The Morgan fingerprint density at radius 3 is 2.42 bits per heavy atom. The molecule has 0 saturated heterocycles. The van der Waals surface area contributed by atoms with Gasteiger partial charge in [-0.15, -0.1) is 0 Å². The fourth-order valence-corrected chi connectivity index (χ4v) is 5.59. The van der Waals surface area contributed by atoms with Gasteiger partial charge in [-0.25, -0.2) is 0 Å². The number of fused-ring (bicyclic) bond motifs is 2. The van der Waals surface area contributed by atoms with E-state index < -0.39 is 0 Å². The number of pyridine rings is 1. The van der Waals surface area contributed by atoms with E-state index in [4.69, 9.17) is 21.7 Å². The highest BCUT2D eigenvalue weighted by atomic mass is 32.1. The zero-order chi connectivity index (χ0) is 21.2. The first kappa shape index (κ1) is 20.6. The molecule has 3 aliphatic rings. The molecule has 2 aromatic rings. The molecule has 5 rings (SSSR count). The van der Waals surface area contributed by atoms with E-state index in [2.05, 4.69) is 15.2 Å². The Morgan fingerprint density at radius 2 is 1.68 bits per heavy atom. The van der Waals surface area contributed by atoms with E-state index in [-0.39, 0.29) is 12.4 Å². The SMILES string of the molecule is O=c1[nH]c2cc3c(cc2cc1CN(C(=S)NC1CCCCC1)C1CCCCC1)OCO3. The minimum Gasteiger partial charge on any atom is -0.454 e. The second kappa shape index (κ2) is 9.07. The number of thiocarbonyl (C=S) groups is 1. The van der Waals surface area contributed by atoms with Gasteiger partial charge in [0.05, 0.1) is 12.1 Å². The van der Waals surface area contributed by atoms with Gasteiger partial charge >= 0.3 is 0 Å². The van der Waals surface area contributed by atoms with E-state index in [9.17, 15) is 4.79 Å². The molecule has 166 valence electrons. The van der Waals surface area contributed by atoms with Crippen LogP contribution in [-0.2, 0) is 6.54 Å². The number of hydrogen-bond donors (Lipinski definition) is 2. The zero-order valence-electron chi connectivity index (χ0n) is 18.0. The molecule has 31 heavy (non-hydrogen) atoms. The van der Waals surface area contributed by atoms with Crippen LogP contribution in [0.25, 0.3) is 10.9 Å². The Morgan fingerprint density at radius 1 is 1.00 bits per heavy atom. The highest BCUT2D eigenvalue weighted by Gasteiger charge is 2.26. The number of hydrogen-bond acceptors (Lipinski definition) is 4. The van der Waals surface area contributed by atoms with Crippen molar-refractivity contribution in [1.29, 1.82) is 0 Å². The van der Waals surface area contributed by atoms with E-state index in [1.807, 2.05) is 18.2 Å². The van der Waals surface area contributed by atoms with E-state index in [0.29, 0.717) is 24.4 Å². The average Bonchev–Trinajstić information content (AvgIpc) is 3.24. The summed E-state index contributed by atoms with van der Waals surface area (Å²) in [6, 6.07) is 6.62. The fourth-order valence-electron chi connectivity index (χ4n) is 5.21.